The van der Waals surface area contributed by atoms with E-state index in [1.807, 2.05) is 23.1 Å². The summed E-state index contributed by atoms with van der Waals surface area (Å²) in [5, 5.41) is 0.968. The van der Waals surface area contributed by atoms with Crippen molar-refractivity contribution in [3.8, 4) is 0 Å². The lowest BCUT2D eigenvalue weighted by Crippen LogP contribution is -2.31. The molecule has 1 amide bonds. The van der Waals surface area contributed by atoms with E-state index >= 15 is 0 Å². The molecular weight excluding hydrogens is 336 g/mol. The first-order chi connectivity index (χ1) is 9.68. The number of benzene rings is 1. The van der Waals surface area contributed by atoms with Crippen molar-refractivity contribution in [3.05, 3.63) is 27.5 Å². The highest BCUT2D eigenvalue weighted by atomic mass is 79.9. The topological polar surface area (TPSA) is 46.3 Å². The second-order valence-corrected chi connectivity index (χ2v) is 7.07. The maximum atomic E-state index is 12.7. The number of hydrogen-bond donors (Lipinski definition) is 1. The zero-order valence-electron chi connectivity index (χ0n) is 11.2. The van der Waals surface area contributed by atoms with Crippen molar-refractivity contribution in [2.45, 2.75) is 25.7 Å². The van der Waals surface area contributed by atoms with Gasteiger partial charge >= 0.3 is 0 Å². The highest BCUT2D eigenvalue weighted by molar-refractivity contribution is 9.10. The number of rotatable bonds is 1. The summed E-state index contributed by atoms with van der Waals surface area (Å²) in [5.74, 6) is 0.0949. The summed E-state index contributed by atoms with van der Waals surface area (Å²) in [5.41, 5.74) is 6.84. The van der Waals surface area contributed by atoms with Crippen LogP contribution in [0.5, 0.6) is 0 Å². The molecule has 0 saturated carbocycles. The van der Waals surface area contributed by atoms with E-state index in [0.717, 1.165) is 40.5 Å². The van der Waals surface area contributed by atoms with Gasteiger partial charge in [-0.05, 0) is 25.0 Å². The molecule has 5 heteroatoms. The summed E-state index contributed by atoms with van der Waals surface area (Å²) in [7, 11) is 0. The molecule has 1 aromatic heterocycles. The van der Waals surface area contributed by atoms with Gasteiger partial charge in [0.25, 0.3) is 5.91 Å². The summed E-state index contributed by atoms with van der Waals surface area (Å²) >= 11 is 5.02. The predicted octanol–water partition coefficient (Wildman–Crippen LogP) is 4.26. The van der Waals surface area contributed by atoms with Crippen molar-refractivity contribution in [1.82, 2.24) is 4.90 Å². The molecule has 0 atom stereocenters. The summed E-state index contributed by atoms with van der Waals surface area (Å²) in [6.07, 6.45) is 4.63. The van der Waals surface area contributed by atoms with Gasteiger partial charge in [-0.2, -0.15) is 0 Å². The maximum absolute atomic E-state index is 12.7. The van der Waals surface area contributed by atoms with Gasteiger partial charge in [0.2, 0.25) is 0 Å². The first kappa shape index (κ1) is 13.9. The number of likely N-dealkylation sites (tertiary alicyclic amines) is 1. The van der Waals surface area contributed by atoms with E-state index in [0.29, 0.717) is 10.6 Å². The van der Waals surface area contributed by atoms with Crippen LogP contribution < -0.4 is 5.73 Å². The van der Waals surface area contributed by atoms with E-state index in [-0.39, 0.29) is 5.91 Å². The Bertz CT molecular complexity index is 645. The van der Waals surface area contributed by atoms with Crippen LogP contribution >= 0.6 is 27.3 Å². The number of fused-ring (bicyclic) bond motifs is 1. The third-order valence-corrected chi connectivity index (χ3v) is 5.61. The number of amides is 1. The number of carbonyl (C=O) groups is 1. The van der Waals surface area contributed by atoms with Crippen molar-refractivity contribution >= 4 is 48.9 Å². The molecule has 3 nitrogen and oxygen atoms in total. The summed E-state index contributed by atoms with van der Waals surface area (Å²) in [6, 6.07) is 5.95. The SMILES string of the molecule is Nc1c(C(=O)N2CCCCCC2)sc2cccc(Br)c12. The molecule has 0 unspecified atom stereocenters. The van der Waals surface area contributed by atoms with Crippen LogP contribution in [0.2, 0.25) is 0 Å². The molecule has 1 saturated heterocycles. The van der Waals surface area contributed by atoms with E-state index in [1.54, 1.807) is 0 Å². The molecule has 1 fully saturated rings. The lowest BCUT2D eigenvalue weighted by Gasteiger charge is -2.19. The fourth-order valence-electron chi connectivity index (χ4n) is 2.71. The van der Waals surface area contributed by atoms with E-state index < -0.39 is 0 Å². The Kier molecular flexibility index (Phi) is 3.98. The van der Waals surface area contributed by atoms with Crippen LogP contribution in [0.15, 0.2) is 22.7 Å². The second-order valence-electron chi connectivity index (χ2n) is 5.16. The van der Waals surface area contributed by atoms with E-state index in [9.17, 15) is 4.79 Å². The Labute approximate surface area is 130 Å². The van der Waals surface area contributed by atoms with Crippen molar-refractivity contribution in [1.29, 1.82) is 0 Å². The van der Waals surface area contributed by atoms with Crippen LogP contribution in [0, 0.1) is 0 Å². The largest absolute Gasteiger partial charge is 0.397 e. The third-order valence-electron chi connectivity index (χ3n) is 3.79. The molecule has 3 rings (SSSR count). The number of anilines is 1. The first-order valence-corrected chi connectivity index (χ1v) is 8.55. The predicted molar refractivity (Wildman–Crippen MR) is 88.3 cm³/mol. The zero-order chi connectivity index (χ0) is 14.1. The Balaban J connectivity index is 1.99. The number of carbonyl (C=O) groups excluding carboxylic acids is 1. The van der Waals surface area contributed by atoms with Crippen LogP contribution in [0.4, 0.5) is 5.69 Å². The molecule has 0 bridgehead atoms. The minimum atomic E-state index is 0.0949. The van der Waals surface area contributed by atoms with Crippen LogP contribution in [0.1, 0.15) is 35.4 Å². The van der Waals surface area contributed by atoms with E-state index in [2.05, 4.69) is 15.9 Å². The fraction of sp³-hybridized carbons (Fsp3) is 0.400. The average molecular weight is 353 g/mol. The van der Waals surface area contributed by atoms with Crippen LogP contribution in [-0.4, -0.2) is 23.9 Å². The van der Waals surface area contributed by atoms with Crippen LogP contribution in [-0.2, 0) is 0 Å². The second kappa shape index (κ2) is 5.74. The summed E-state index contributed by atoms with van der Waals surface area (Å²) in [6.45, 7) is 1.71. The molecule has 1 aliphatic heterocycles. The molecule has 1 aliphatic rings. The van der Waals surface area contributed by atoms with E-state index in [4.69, 9.17) is 5.73 Å². The van der Waals surface area contributed by atoms with Crippen molar-refractivity contribution in [3.63, 3.8) is 0 Å². The monoisotopic (exact) mass is 352 g/mol. The van der Waals surface area contributed by atoms with Gasteiger partial charge < -0.3 is 10.6 Å². The highest BCUT2D eigenvalue weighted by Crippen LogP contribution is 2.38. The Hall–Kier alpha value is -1.07. The molecule has 2 N–H and O–H groups in total. The maximum Gasteiger partial charge on any atom is 0.266 e. The number of hydrogen-bond acceptors (Lipinski definition) is 3. The highest BCUT2D eigenvalue weighted by Gasteiger charge is 2.23. The number of nitrogens with two attached hydrogens (primary N) is 1. The van der Waals surface area contributed by atoms with Crippen molar-refractivity contribution < 1.29 is 4.79 Å². The third kappa shape index (κ3) is 2.44. The summed E-state index contributed by atoms with van der Waals surface area (Å²) in [4.78, 5) is 15.3. The number of thiophene rings is 1. The standard InChI is InChI=1S/C15H17BrN2OS/c16-10-6-5-7-11-12(10)13(17)14(20-11)15(19)18-8-3-1-2-4-9-18/h5-7H,1-4,8-9,17H2. The molecule has 0 spiro atoms. The molecular formula is C15H17BrN2OS. The van der Waals surface area contributed by atoms with Gasteiger partial charge in [-0.15, -0.1) is 11.3 Å². The van der Waals surface area contributed by atoms with Crippen LogP contribution in [0.25, 0.3) is 10.1 Å². The normalized spacial score (nSPS) is 16.4. The van der Waals surface area contributed by atoms with Gasteiger partial charge in [0.05, 0.1) is 5.69 Å². The fourth-order valence-corrected chi connectivity index (χ4v) is 4.53. The molecule has 0 aliphatic carbocycles. The Morgan fingerprint density at radius 3 is 2.55 bits per heavy atom. The summed E-state index contributed by atoms with van der Waals surface area (Å²) < 4.78 is 2.02. The van der Waals surface area contributed by atoms with Gasteiger partial charge in [0.15, 0.2) is 0 Å². The van der Waals surface area contributed by atoms with E-state index in [1.165, 1.54) is 24.2 Å². The molecule has 1 aromatic carbocycles. The minimum Gasteiger partial charge on any atom is -0.397 e. The molecule has 2 aromatic rings. The molecule has 0 radical (unpaired) electrons. The lowest BCUT2D eigenvalue weighted by molar-refractivity contribution is 0.0767. The quantitative estimate of drug-likeness (QED) is 0.833. The molecule has 20 heavy (non-hydrogen) atoms. The van der Waals surface area contributed by atoms with Crippen molar-refractivity contribution in [2.75, 3.05) is 18.8 Å². The Morgan fingerprint density at radius 1 is 1.20 bits per heavy atom. The lowest BCUT2D eigenvalue weighted by atomic mass is 10.2. The smallest absolute Gasteiger partial charge is 0.266 e. The molecule has 2 heterocycles. The van der Waals surface area contributed by atoms with Gasteiger partial charge in [0.1, 0.15) is 4.88 Å². The van der Waals surface area contributed by atoms with Gasteiger partial charge in [-0.25, -0.2) is 0 Å². The molecule has 106 valence electrons. The number of nitrogens with zero attached hydrogens (tertiary/aromatic N) is 1. The number of nitrogen functional groups attached to an aromatic ring is 1. The van der Waals surface area contributed by atoms with Gasteiger partial charge in [-0.1, -0.05) is 34.8 Å². The van der Waals surface area contributed by atoms with Crippen molar-refractivity contribution in [2.24, 2.45) is 0 Å². The first-order valence-electron chi connectivity index (χ1n) is 6.94. The zero-order valence-corrected chi connectivity index (χ0v) is 13.6. The van der Waals surface area contributed by atoms with Crippen LogP contribution in [0.3, 0.4) is 0 Å². The van der Waals surface area contributed by atoms with Gasteiger partial charge in [0, 0.05) is 27.6 Å². The minimum absolute atomic E-state index is 0.0949. The number of halogens is 1. The Morgan fingerprint density at radius 2 is 1.90 bits per heavy atom. The average Bonchev–Trinajstić information content (AvgIpc) is 2.65. The van der Waals surface area contributed by atoms with Gasteiger partial charge in [-0.3, -0.25) is 4.79 Å².